The number of carbonyl (C=O) groups excluding carboxylic acids is 10. The van der Waals surface area contributed by atoms with Gasteiger partial charge in [0.25, 0.3) is 0 Å². The second kappa shape index (κ2) is 29.0. The van der Waals surface area contributed by atoms with Gasteiger partial charge in [-0.05, 0) is 118 Å². The number of fused-ring (bicyclic) bond motifs is 4. The number of aromatic hydroxyl groups is 1. The van der Waals surface area contributed by atoms with Gasteiger partial charge in [-0.3, -0.25) is 47.9 Å². The zero-order chi connectivity index (χ0) is 60.9. The van der Waals surface area contributed by atoms with Gasteiger partial charge in [-0.1, -0.05) is 78.9 Å². The van der Waals surface area contributed by atoms with Gasteiger partial charge in [-0.15, -0.1) is 11.8 Å². The summed E-state index contributed by atoms with van der Waals surface area (Å²) in [5, 5.41) is 21.6. The van der Waals surface area contributed by atoms with Crippen LogP contribution in [-0.4, -0.2) is 189 Å². The Morgan fingerprint density at radius 3 is 1.78 bits per heavy atom. The number of benzene rings is 4. The predicted molar refractivity (Wildman–Crippen MR) is 318 cm³/mol. The van der Waals surface area contributed by atoms with E-state index in [1.54, 1.807) is 36.4 Å². The summed E-state index contributed by atoms with van der Waals surface area (Å²) < 4.78 is 0. The number of hydrogen-bond donors (Lipinski definition) is 7. The van der Waals surface area contributed by atoms with E-state index in [9.17, 15) is 33.9 Å². The molecule has 0 spiro atoms. The molecule has 3 saturated heterocycles. The van der Waals surface area contributed by atoms with E-state index in [0.29, 0.717) is 43.4 Å². The van der Waals surface area contributed by atoms with E-state index >= 15 is 19.2 Å². The fourth-order valence-electron chi connectivity index (χ4n) is 11.6. The highest BCUT2D eigenvalue weighted by Gasteiger charge is 2.46. The lowest BCUT2D eigenvalue weighted by atomic mass is 9.92. The number of rotatable bonds is 13. The predicted octanol–water partition coefficient (Wildman–Crippen LogP) is 1.18. The lowest BCUT2D eigenvalue weighted by Crippen LogP contribution is -2.62. The summed E-state index contributed by atoms with van der Waals surface area (Å²) in [6, 6.07) is 18.9. The van der Waals surface area contributed by atoms with Crippen LogP contribution in [0.3, 0.4) is 0 Å². The molecule has 4 aromatic carbocycles. The van der Waals surface area contributed by atoms with Crippen LogP contribution in [0.4, 0.5) is 0 Å². The molecule has 0 aliphatic carbocycles. The Hall–Kier alpha value is -8.31. The van der Waals surface area contributed by atoms with Crippen molar-refractivity contribution in [2.24, 2.45) is 11.5 Å². The highest BCUT2D eigenvalue weighted by molar-refractivity contribution is 8.00. The van der Waals surface area contributed by atoms with Crippen molar-refractivity contribution >= 4 is 70.8 Å². The van der Waals surface area contributed by atoms with Crippen LogP contribution in [0, 0.1) is 0 Å². The first-order valence-corrected chi connectivity index (χ1v) is 30.1. The number of thioether (sulfide) groups is 1. The standard InChI is InChI=1S/C62H77N11O11S/c1-69(2)28-10-9-17-45-60(82)72-30-12-19-50(72)61(83)73-35-43-16-8-7-15-42(43)34-51(73)59(81)67-47(31-39-20-24-41(25-21-39)54(63)76)57(79)68-48(55(64)77)36-85-37-53(75)70(3)52(33-38-13-5-4-6-14-38)62(84)71-29-11-18-49(71)58(80)66-46(56(78)65-45)32-40-22-26-44(74)27-23-40/h4-8,13-16,20-27,45-52,74H,9-12,17-19,28-37H2,1-3H3,(H2,63,76)(H2,64,77)(H,65,78)(H,66,80)(H,67,81)(H,68,79)/t45-,46-,47-,48-,49-,50-,51-,52-/m0/s1. The van der Waals surface area contributed by atoms with Crippen LogP contribution in [0.1, 0.15) is 83.1 Å². The van der Waals surface area contributed by atoms with Crippen molar-refractivity contribution in [3.05, 3.63) is 137 Å². The third-order valence-corrected chi connectivity index (χ3v) is 17.4. The molecule has 4 aliphatic rings. The first kappa shape index (κ1) is 62.7. The summed E-state index contributed by atoms with van der Waals surface area (Å²) in [6.07, 6.45) is 2.52. The second-order valence-electron chi connectivity index (χ2n) is 22.6. The lowest BCUT2D eigenvalue weighted by Gasteiger charge is -2.40. The Bertz CT molecular complexity index is 3090. The smallest absolute Gasteiger partial charge is 0.248 e. The topological polar surface area (TPSA) is 307 Å². The summed E-state index contributed by atoms with van der Waals surface area (Å²) in [4.78, 5) is 152. The molecule has 4 aliphatic heterocycles. The molecule has 9 N–H and O–H groups in total. The average Bonchev–Trinajstić information content (AvgIpc) is 2.53. The van der Waals surface area contributed by atoms with E-state index < -0.39 is 107 Å². The minimum absolute atomic E-state index is 0.0184. The van der Waals surface area contributed by atoms with Crippen LogP contribution >= 0.6 is 11.8 Å². The molecule has 8 atom stereocenters. The molecule has 0 aromatic heterocycles. The molecule has 452 valence electrons. The Morgan fingerprint density at radius 1 is 0.600 bits per heavy atom. The fourth-order valence-corrected chi connectivity index (χ4v) is 12.5. The number of phenolic OH excluding ortho intramolecular Hbond substituents is 1. The van der Waals surface area contributed by atoms with E-state index in [1.807, 2.05) is 61.5 Å². The first-order chi connectivity index (χ1) is 40.8. The SMILES string of the molecule is CN(C)CCCC[C@@H]1NC(=O)[C@H](Cc2ccc(O)cc2)NC(=O)[C@@H]2CCCN2C(=O)[C@H](Cc2ccccc2)N(C)C(=O)CSC[C@@H](C(N)=O)NC(=O)[C@H](Cc2ccc(C(N)=O)cc2)NC(=O)[C@@H]2Cc3ccccc3CN2C(=O)[C@@H]2CCCN2C1=O. The lowest BCUT2D eigenvalue weighted by molar-refractivity contribution is -0.150. The molecular weight excluding hydrogens is 1110 g/mol. The second-order valence-corrected chi connectivity index (χ2v) is 23.7. The van der Waals surface area contributed by atoms with Crippen molar-refractivity contribution in [2.75, 3.05) is 52.3 Å². The van der Waals surface area contributed by atoms with Crippen molar-refractivity contribution in [3.63, 3.8) is 0 Å². The fraction of sp³-hybridized carbons (Fsp3) is 0.452. The van der Waals surface area contributed by atoms with Crippen LogP contribution in [0.15, 0.2) is 103 Å². The van der Waals surface area contributed by atoms with Crippen molar-refractivity contribution in [1.82, 2.24) is 45.8 Å². The molecule has 22 nitrogen and oxygen atoms in total. The van der Waals surface area contributed by atoms with Gasteiger partial charge in [0, 0.05) is 63.7 Å². The average molecular weight is 1180 g/mol. The number of primary amides is 2. The zero-order valence-corrected chi connectivity index (χ0v) is 49.1. The molecular formula is C62H77N11O11S. The van der Waals surface area contributed by atoms with Crippen molar-refractivity contribution < 1.29 is 53.1 Å². The van der Waals surface area contributed by atoms with Crippen LogP contribution in [0.2, 0.25) is 0 Å². The van der Waals surface area contributed by atoms with Crippen molar-refractivity contribution in [2.45, 2.75) is 126 Å². The molecule has 0 unspecified atom stereocenters. The summed E-state index contributed by atoms with van der Waals surface area (Å²) >= 11 is 0.979. The summed E-state index contributed by atoms with van der Waals surface area (Å²) in [7, 11) is 5.32. The third-order valence-electron chi connectivity index (χ3n) is 16.4. The maximum atomic E-state index is 15.3. The van der Waals surface area contributed by atoms with Gasteiger partial charge in [0.2, 0.25) is 59.1 Å². The number of amides is 10. The minimum atomic E-state index is -1.40. The van der Waals surface area contributed by atoms with E-state index in [-0.39, 0.29) is 87.4 Å². The molecule has 23 heteroatoms. The van der Waals surface area contributed by atoms with E-state index in [1.165, 1.54) is 50.9 Å². The normalized spacial score (nSPS) is 24.3. The van der Waals surface area contributed by atoms with Crippen molar-refractivity contribution in [1.29, 1.82) is 0 Å². The van der Waals surface area contributed by atoms with Gasteiger partial charge in [-0.2, -0.15) is 0 Å². The Balaban J connectivity index is 1.18. The number of nitrogens with zero attached hydrogens (tertiary/aromatic N) is 5. The number of phenols is 1. The van der Waals surface area contributed by atoms with Gasteiger partial charge in [-0.25, -0.2) is 0 Å². The van der Waals surface area contributed by atoms with E-state index in [2.05, 4.69) is 21.3 Å². The third kappa shape index (κ3) is 16.1. The minimum Gasteiger partial charge on any atom is -0.508 e. The summed E-state index contributed by atoms with van der Waals surface area (Å²) in [5.74, 6) is -7.06. The van der Waals surface area contributed by atoms with Gasteiger partial charge in [0.1, 0.15) is 54.1 Å². The largest absolute Gasteiger partial charge is 0.508 e. The number of nitrogens with two attached hydrogens (primary N) is 2. The number of carbonyl (C=O) groups is 10. The maximum Gasteiger partial charge on any atom is 0.248 e. The first-order valence-electron chi connectivity index (χ1n) is 28.9. The Morgan fingerprint density at radius 2 is 1.15 bits per heavy atom. The number of hydrogen-bond acceptors (Lipinski definition) is 13. The molecule has 10 amide bonds. The van der Waals surface area contributed by atoms with Gasteiger partial charge < -0.3 is 62.3 Å². The van der Waals surface area contributed by atoms with Gasteiger partial charge in [0.15, 0.2) is 0 Å². The summed E-state index contributed by atoms with van der Waals surface area (Å²) in [6.45, 7) is 0.979. The van der Waals surface area contributed by atoms with Gasteiger partial charge >= 0.3 is 0 Å². The maximum absolute atomic E-state index is 15.3. The van der Waals surface area contributed by atoms with Gasteiger partial charge in [0.05, 0.1) is 5.75 Å². The zero-order valence-electron chi connectivity index (χ0n) is 48.3. The van der Waals surface area contributed by atoms with Crippen molar-refractivity contribution in [3.8, 4) is 5.75 Å². The van der Waals surface area contributed by atoms with Crippen LogP contribution in [0.25, 0.3) is 0 Å². The number of likely N-dealkylation sites (N-methyl/N-ethyl adjacent to an activating group) is 1. The molecule has 0 saturated carbocycles. The molecule has 4 aromatic rings. The molecule has 8 rings (SSSR count). The number of nitrogens with one attached hydrogen (secondary N) is 4. The Kier molecular flexibility index (Phi) is 21.4. The molecule has 0 bridgehead atoms. The molecule has 3 fully saturated rings. The highest BCUT2D eigenvalue weighted by atomic mass is 32.2. The highest BCUT2D eigenvalue weighted by Crippen LogP contribution is 2.30. The van der Waals surface area contributed by atoms with Crippen LogP contribution in [-0.2, 0) is 75.4 Å². The van der Waals surface area contributed by atoms with Crippen LogP contribution < -0.4 is 32.7 Å². The quantitative estimate of drug-likeness (QED) is 0.0927. The number of unbranched alkanes of at least 4 members (excludes halogenated alkanes) is 1. The monoisotopic (exact) mass is 1180 g/mol. The molecule has 4 heterocycles. The molecule has 85 heavy (non-hydrogen) atoms. The molecule has 0 radical (unpaired) electrons. The van der Waals surface area contributed by atoms with Crippen LogP contribution in [0.5, 0.6) is 5.75 Å². The summed E-state index contributed by atoms with van der Waals surface area (Å²) in [5.41, 5.74) is 15.0. The van der Waals surface area contributed by atoms with E-state index in [4.69, 9.17) is 11.5 Å². The Labute approximate surface area is 499 Å². The van der Waals surface area contributed by atoms with E-state index in [0.717, 1.165) is 28.5 Å².